The van der Waals surface area contributed by atoms with Gasteiger partial charge in [0, 0.05) is 17.7 Å². The number of nitrogens with two attached hydrogens (primary N) is 1. The van der Waals surface area contributed by atoms with Crippen LogP contribution >= 0.6 is 0 Å². The van der Waals surface area contributed by atoms with Gasteiger partial charge in [0.2, 0.25) is 0 Å². The summed E-state index contributed by atoms with van der Waals surface area (Å²) in [6, 6.07) is 3.45. The molecule has 0 fully saturated rings. The summed E-state index contributed by atoms with van der Waals surface area (Å²) in [7, 11) is 0. The van der Waals surface area contributed by atoms with Gasteiger partial charge >= 0.3 is 0 Å². The maximum atomic E-state index is 10.7. The lowest BCUT2D eigenvalue weighted by Gasteiger charge is -2.02. The number of pyridine rings is 1. The first-order valence-electron chi connectivity index (χ1n) is 3.14. The van der Waals surface area contributed by atoms with Gasteiger partial charge in [0.05, 0.1) is 0 Å². The normalized spacial score (nSPS) is 13.0. The van der Waals surface area contributed by atoms with Gasteiger partial charge in [-0.05, 0) is 13.0 Å². The molecule has 54 valence electrons. The predicted octanol–water partition coefficient (Wildman–Crippen LogP) is 0.340. The second-order valence-electron chi connectivity index (χ2n) is 2.29. The van der Waals surface area contributed by atoms with E-state index in [9.17, 15) is 5.21 Å². The molecule has 0 aliphatic rings. The molecule has 0 bridgehead atoms. The minimum atomic E-state index is -0.0681. The van der Waals surface area contributed by atoms with Crippen LogP contribution in [0.4, 0.5) is 0 Å². The lowest BCUT2D eigenvalue weighted by Crippen LogP contribution is -2.26. The lowest BCUT2D eigenvalue weighted by atomic mass is 10.2. The van der Waals surface area contributed by atoms with Crippen molar-refractivity contribution < 1.29 is 4.73 Å². The smallest absolute Gasteiger partial charge is 0.185 e. The van der Waals surface area contributed by atoms with Gasteiger partial charge in [0.15, 0.2) is 12.4 Å². The molecule has 1 heterocycles. The van der Waals surface area contributed by atoms with Crippen LogP contribution in [0.3, 0.4) is 0 Å². The van der Waals surface area contributed by atoms with E-state index in [0.29, 0.717) is 0 Å². The first kappa shape index (κ1) is 7.02. The zero-order valence-corrected chi connectivity index (χ0v) is 5.82. The maximum absolute atomic E-state index is 10.7. The van der Waals surface area contributed by atoms with E-state index in [0.717, 1.165) is 10.3 Å². The summed E-state index contributed by atoms with van der Waals surface area (Å²) >= 11 is 0. The van der Waals surface area contributed by atoms with Crippen LogP contribution in [-0.4, -0.2) is 0 Å². The van der Waals surface area contributed by atoms with Gasteiger partial charge in [0.25, 0.3) is 0 Å². The second kappa shape index (κ2) is 2.66. The molecular formula is C7H10N2O. The van der Waals surface area contributed by atoms with Gasteiger partial charge in [-0.3, -0.25) is 0 Å². The molecule has 2 N–H and O–H groups in total. The van der Waals surface area contributed by atoms with Crippen molar-refractivity contribution in [2.24, 2.45) is 5.73 Å². The van der Waals surface area contributed by atoms with Crippen LogP contribution < -0.4 is 10.5 Å². The van der Waals surface area contributed by atoms with Gasteiger partial charge in [-0.1, -0.05) is 0 Å². The van der Waals surface area contributed by atoms with E-state index in [-0.39, 0.29) is 6.04 Å². The average molecular weight is 138 g/mol. The molecule has 0 aromatic carbocycles. The standard InChI is InChI=1S/C7H10N2O/c1-6(8)7-3-2-4-9(10)5-7/h2-6H,8H2,1H3. The molecule has 1 aromatic heterocycles. The van der Waals surface area contributed by atoms with Crippen molar-refractivity contribution >= 4 is 0 Å². The first-order valence-corrected chi connectivity index (χ1v) is 3.14. The summed E-state index contributed by atoms with van der Waals surface area (Å²) in [5, 5.41) is 10.7. The largest absolute Gasteiger partial charge is 0.619 e. The van der Waals surface area contributed by atoms with Gasteiger partial charge in [-0.15, -0.1) is 0 Å². The number of aromatic nitrogens is 1. The molecule has 0 aliphatic carbocycles. The Bertz CT molecular complexity index is 223. The van der Waals surface area contributed by atoms with E-state index in [1.54, 1.807) is 6.07 Å². The monoisotopic (exact) mass is 138 g/mol. The molecular weight excluding hydrogens is 128 g/mol. The van der Waals surface area contributed by atoms with Gasteiger partial charge in [-0.25, -0.2) is 0 Å². The summed E-state index contributed by atoms with van der Waals surface area (Å²) < 4.78 is 0.749. The van der Waals surface area contributed by atoms with Crippen molar-refractivity contribution in [3.8, 4) is 0 Å². The molecule has 0 aliphatic heterocycles. The summed E-state index contributed by atoms with van der Waals surface area (Å²) in [6.07, 6.45) is 2.91. The fraction of sp³-hybridized carbons (Fsp3) is 0.286. The Kier molecular flexibility index (Phi) is 1.87. The summed E-state index contributed by atoms with van der Waals surface area (Å²) in [4.78, 5) is 0. The van der Waals surface area contributed by atoms with Crippen LogP contribution in [0, 0.1) is 5.21 Å². The SMILES string of the molecule is CC(N)c1ccc[n+]([O-])c1. The number of hydrogen-bond donors (Lipinski definition) is 1. The molecule has 0 amide bonds. The Morgan fingerprint density at radius 3 is 2.80 bits per heavy atom. The van der Waals surface area contributed by atoms with Crippen molar-refractivity contribution in [3.05, 3.63) is 35.3 Å². The molecule has 0 saturated carbocycles. The Hall–Kier alpha value is -1.09. The zero-order chi connectivity index (χ0) is 7.56. The second-order valence-corrected chi connectivity index (χ2v) is 2.29. The van der Waals surface area contributed by atoms with E-state index in [2.05, 4.69) is 0 Å². The first-order chi connectivity index (χ1) is 4.70. The third kappa shape index (κ3) is 1.45. The Labute approximate surface area is 59.7 Å². The predicted molar refractivity (Wildman–Crippen MR) is 38.0 cm³/mol. The minimum absolute atomic E-state index is 0.0681. The molecule has 1 unspecified atom stereocenters. The molecule has 0 spiro atoms. The third-order valence-electron chi connectivity index (χ3n) is 1.32. The van der Waals surface area contributed by atoms with E-state index in [1.807, 2.05) is 13.0 Å². The molecule has 0 radical (unpaired) electrons. The van der Waals surface area contributed by atoms with E-state index in [1.165, 1.54) is 12.4 Å². The third-order valence-corrected chi connectivity index (χ3v) is 1.32. The minimum Gasteiger partial charge on any atom is -0.619 e. The molecule has 3 heteroatoms. The average Bonchev–Trinajstić information content (AvgIpc) is 1.88. The van der Waals surface area contributed by atoms with Crippen LogP contribution in [-0.2, 0) is 0 Å². The fourth-order valence-corrected chi connectivity index (χ4v) is 0.741. The Balaban J connectivity index is 2.96. The van der Waals surface area contributed by atoms with Crippen molar-refractivity contribution in [1.82, 2.24) is 0 Å². The summed E-state index contributed by atoms with van der Waals surface area (Å²) in [5.41, 5.74) is 6.39. The lowest BCUT2D eigenvalue weighted by molar-refractivity contribution is -0.605. The van der Waals surface area contributed by atoms with Crippen molar-refractivity contribution in [1.29, 1.82) is 0 Å². The van der Waals surface area contributed by atoms with Crippen molar-refractivity contribution in [2.45, 2.75) is 13.0 Å². The Morgan fingerprint density at radius 2 is 2.40 bits per heavy atom. The van der Waals surface area contributed by atoms with Crippen LogP contribution in [0.15, 0.2) is 24.5 Å². The summed E-state index contributed by atoms with van der Waals surface area (Å²) in [6.45, 7) is 1.84. The highest BCUT2D eigenvalue weighted by Gasteiger charge is 2.00. The van der Waals surface area contributed by atoms with Crippen LogP contribution in [0.2, 0.25) is 0 Å². The van der Waals surface area contributed by atoms with E-state index < -0.39 is 0 Å². The van der Waals surface area contributed by atoms with Crippen LogP contribution in [0.25, 0.3) is 0 Å². The van der Waals surface area contributed by atoms with Gasteiger partial charge in [-0.2, -0.15) is 4.73 Å². The zero-order valence-electron chi connectivity index (χ0n) is 5.82. The fourth-order valence-electron chi connectivity index (χ4n) is 0.741. The highest BCUT2D eigenvalue weighted by molar-refractivity contribution is 5.09. The molecule has 3 nitrogen and oxygen atoms in total. The topological polar surface area (TPSA) is 53.0 Å². The van der Waals surface area contributed by atoms with Crippen LogP contribution in [0.5, 0.6) is 0 Å². The molecule has 1 atom stereocenters. The van der Waals surface area contributed by atoms with E-state index >= 15 is 0 Å². The van der Waals surface area contributed by atoms with Crippen LogP contribution in [0.1, 0.15) is 18.5 Å². The Morgan fingerprint density at radius 1 is 1.70 bits per heavy atom. The molecule has 1 aromatic rings. The number of hydrogen-bond acceptors (Lipinski definition) is 2. The molecule has 1 rings (SSSR count). The number of nitrogens with zero attached hydrogens (tertiary/aromatic N) is 1. The molecule has 0 saturated heterocycles. The van der Waals surface area contributed by atoms with Gasteiger partial charge in [0.1, 0.15) is 0 Å². The van der Waals surface area contributed by atoms with Crippen molar-refractivity contribution in [2.75, 3.05) is 0 Å². The van der Waals surface area contributed by atoms with Crippen molar-refractivity contribution in [3.63, 3.8) is 0 Å². The summed E-state index contributed by atoms with van der Waals surface area (Å²) in [5.74, 6) is 0. The highest BCUT2D eigenvalue weighted by Crippen LogP contribution is 2.03. The number of rotatable bonds is 1. The quantitative estimate of drug-likeness (QED) is 0.449. The molecule has 10 heavy (non-hydrogen) atoms. The van der Waals surface area contributed by atoms with E-state index in [4.69, 9.17) is 5.73 Å². The maximum Gasteiger partial charge on any atom is 0.185 e. The highest BCUT2D eigenvalue weighted by atomic mass is 16.5. The van der Waals surface area contributed by atoms with Gasteiger partial charge < -0.3 is 10.9 Å².